The highest BCUT2D eigenvalue weighted by molar-refractivity contribution is 6.31. The molecule has 0 bridgehead atoms. The second kappa shape index (κ2) is 6.90. The lowest BCUT2D eigenvalue weighted by Gasteiger charge is -2.10. The summed E-state index contributed by atoms with van der Waals surface area (Å²) in [5, 5.41) is 12.7. The fourth-order valence-electron chi connectivity index (χ4n) is 2.54. The summed E-state index contributed by atoms with van der Waals surface area (Å²) in [6.07, 6.45) is 0. The fourth-order valence-corrected chi connectivity index (χ4v) is 2.86. The maximum atomic E-state index is 12.4. The number of aryl methyl sites for hydroxylation is 2. The molecule has 25 heavy (non-hydrogen) atoms. The number of rotatable bonds is 4. The van der Waals surface area contributed by atoms with E-state index in [4.69, 9.17) is 23.2 Å². The molecule has 2 aromatic heterocycles. The summed E-state index contributed by atoms with van der Waals surface area (Å²) >= 11 is 12.2. The van der Waals surface area contributed by atoms with Crippen molar-refractivity contribution in [2.75, 3.05) is 5.32 Å². The van der Waals surface area contributed by atoms with Crippen molar-refractivity contribution in [2.45, 2.75) is 27.3 Å². The molecule has 0 aliphatic rings. The van der Waals surface area contributed by atoms with Crippen LogP contribution in [-0.4, -0.2) is 25.5 Å². The average molecular weight is 378 g/mol. The summed E-state index contributed by atoms with van der Waals surface area (Å²) in [6.45, 7) is 5.56. The molecule has 0 fully saturated rings. The van der Waals surface area contributed by atoms with E-state index in [0.29, 0.717) is 21.6 Å². The van der Waals surface area contributed by atoms with Crippen LogP contribution in [0.1, 0.15) is 17.1 Å². The number of benzene rings is 1. The Morgan fingerprint density at radius 3 is 2.56 bits per heavy atom. The smallest absolute Gasteiger partial charge is 0.247 e. The van der Waals surface area contributed by atoms with Crippen molar-refractivity contribution in [1.82, 2.24) is 19.6 Å². The predicted molar refractivity (Wildman–Crippen MR) is 98.7 cm³/mol. The largest absolute Gasteiger partial charge is 0.309 e. The monoisotopic (exact) mass is 377 g/mol. The van der Waals surface area contributed by atoms with Crippen molar-refractivity contribution >= 4 is 34.9 Å². The van der Waals surface area contributed by atoms with Gasteiger partial charge in [0, 0.05) is 11.1 Å². The normalized spacial score (nSPS) is 10.9. The number of halogens is 2. The Bertz CT molecular complexity index is 945. The Morgan fingerprint density at radius 1 is 1.16 bits per heavy atom. The number of nitrogens with one attached hydrogen (secondary N) is 1. The summed E-state index contributed by atoms with van der Waals surface area (Å²) < 4.78 is 3.23. The number of carbonyl (C=O) groups excluding carboxylic acids is 1. The fraction of sp³-hybridized carbons (Fsp3) is 0.235. The van der Waals surface area contributed by atoms with Crippen LogP contribution >= 0.6 is 23.2 Å². The highest BCUT2D eigenvalue weighted by Crippen LogP contribution is 2.21. The Kier molecular flexibility index (Phi) is 4.83. The van der Waals surface area contributed by atoms with Gasteiger partial charge in [-0.1, -0.05) is 29.3 Å². The zero-order valence-corrected chi connectivity index (χ0v) is 15.6. The summed E-state index contributed by atoms with van der Waals surface area (Å²) in [4.78, 5) is 12.4. The van der Waals surface area contributed by atoms with Crippen LogP contribution in [0, 0.1) is 20.8 Å². The third kappa shape index (κ3) is 3.70. The molecule has 1 amide bonds. The minimum Gasteiger partial charge on any atom is -0.309 e. The SMILES string of the molecule is Cc1cc(NC(=O)Cn2nc(C)c(Cl)c2C)n(-c2cccc(Cl)c2)n1. The van der Waals surface area contributed by atoms with Crippen LogP contribution in [-0.2, 0) is 11.3 Å². The molecule has 6 nitrogen and oxygen atoms in total. The number of aromatic nitrogens is 4. The lowest BCUT2D eigenvalue weighted by molar-refractivity contribution is -0.117. The molecule has 0 radical (unpaired) electrons. The lowest BCUT2D eigenvalue weighted by Crippen LogP contribution is -2.21. The van der Waals surface area contributed by atoms with Gasteiger partial charge in [0.2, 0.25) is 5.91 Å². The van der Waals surface area contributed by atoms with E-state index in [-0.39, 0.29) is 12.5 Å². The van der Waals surface area contributed by atoms with Gasteiger partial charge in [-0.2, -0.15) is 10.2 Å². The van der Waals surface area contributed by atoms with Crippen LogP contribution in [0.2, 0.25) is 10.0 Å². The minimum atomic E-state index is -0.217. The molecule has 0 saturated carbocycles. The van der Waals surface area contributed by atoms with E-state index in [1.54, 1.807) is 34.5 Å². The van der Waals surface area contributed by atoms with E-state index >= 15 is 0 Å². The van der Waals surface area contributed by atoms with Crippen molar-refractivity contribution in [3.63, 3.8) is 0 Å². The van der Waals surface area contributed by atoms with Crippen molar-refractivity contribution in [3.8, 4) is 5.69 Å². The highest BCUT2D eigenvalue weighted by Gasteiger charge is 2.15. The number of hydrogen-bond donors (Lipinski definition) is 1. The summed E-state index contributed by atoms with van der Waals surface area (Å²) in [5.74, 6) is 0.350. The number of nitrogens with zero attached hydrogens (tertiary/aromatic N) is 4. The molecule has 130 valence electrons. The Labute approximate surface area is 155 Å². The molecular weight excluding hydrogens is 361 g/mol. The van der Waals surface area contributed by atoms with E-state index < -0.39 is 0 Å². The first-order chi connectivity index (χ1) is 11.8. The average Bonchev–Trinajstić information content (AvgIpc) is 3.02. The van der Waals surface area contributed by atoms with Crippen LogP contribution in [0.5, 0.6) is 0 Å². The van der Waals surface area contributed by atoms with Gasteiger partial charge in [0.25, 0.3) is 0 Å². The molecule has 1 N–H and O–H groups in total. The van der Waals surface area contributed by atoms with Crippen molar-refractivity contribution in [1.29, 1.82) is 0 Å². The molecule has 2 heterocycles. The molecular formula is C17H17Cl2N5O. The Balaban J connectivity index is 1.83. The van der Waals surface area contributed by atoms with Crippen molar-refractivity contribution in [2.24, 2.45) is 0 Å². The van der Waals surface area contributed by atoms with E-state index in [9.17, 15) is 4.79 Å². The summed E-state index contributed by atoms with van der Waals surface area (Å²) in [6, 6.07) is 9.07. The van der Waals surface area contributed by atoms with Gasteiger partial charge in [-0.25, -0.2) is 4.68 Å². The summed E-state index contributed by atoms with van der Waals surface area (Å²) in [5.41, 5.74) is 3.01. The maximum Gasteiger partial charge on any atom is 0.247 e. The van der Waals surface area contributed by atoms with Gasteiger partial charge in [0.05, 0.1) is 27.8 Å². The van der Waals surface area contributed by atoms with Gasteiger partial charge in [-0.3, -0.25) is 9.48 Å². The van der Waals surface area contributed by atoms with Crippen LogP contribution in [0.4, 0.5) is 5.82 Å². The van der Waals surface area contributed by atoms with Crippen molar-refractivity contribution in [3.05, 3.63) is 57.5 Å². The number of amides is 1. The molecule has 0 atom stereocenters. The summed E-state index contributed by atoms with van der Waals surface area (Å²) in [7, 11) is 0. The molecule has 0 unspecified atom stereocenters. The molecule has 3 rings (SSSR count). The van der Waals surface area contributed by atoms with Gasteiger partial charge in [0.1, 0.15) is 12.4 Å². The third-order valence-corrected chi connectivity index (χ3v) is 4.52. The quantitative estimate of drug-likeness (QED) is 0.748. The number of carbonyl (C=O) groups is 1. The first-order valence-electron chi connectivity index (χ1n) is 7.67. The Hall–Kier alpha value is -2.31. The van der Waals surface area contributed by atoms with E-state index in [1.807, 2.05) is 26.0 Å². The minimum absolute atomic E-state index is 0.0686. The second-order valence-corrected chi connectivity index (χ2v) is 6.57. The second-order valence-electron chi connectivity index (χ2n) is 5.75. The molecule has 0 aliphatic carbocycles. The van der Waals surface area contributed by atoms with Crippen LogP contribution in [0.15, 0.2) is 30.3 Å². The highest BCUT2D eigenvalue weighted by atomic mass is 35.5. The maximum absolute atomic E-state index is 12.4. The number of hydrogen-bond acceptors (Lipinski definition) is 3. The molecule has 0 saturated heterocycles. The van der Waals surface area contributed by atoms with Crippen LogP contribution in [0.25, 0.3) is 5.69 Å². The lowest BCUT2D eigenvalue weighted by atomic mass is 10.3. The van der Waals surface area contributed by atoms with Gasteiger partial charge in [-0.15, -0.1) is 0 Å². The van der Waals surface area contributed by atoms with Gasteiger partial charge >= 0.3 is 0 Å². The van der Waals surface area contributed by atoms with E-state index in [2.05, 4.69) is 15.5 Å². The van der Waals surface area contributed by atoms with Gasteiger partial charge in [0.15, 0.2) is 0 Å². The van der Waals surface area contributed by atoms with Crippen molar-refractivity contribution < 1.29 is 4.79 Å². The first-order valence-corrected chi connectivity index (χ1v) is 8.42. The van der Waals surface area contributed by atoms with E-state index in [1.165, 1.54) is 0 Å². The topological polar surface area (TPSA) is 64.7 Å². The predicted octanol–water partition coefficient (Wildman–Crippen LogP) is 3.94. The molecule has 1 aromatic carbocycles. The first kappa shape index (κ1) is 17.5. The van der Waals surface area contributed by atoms with Crippen LogP contribution < -0.4 is 5.32 Å². The molecule has 0 spiro atoms. The molecule has 8 heteroatoms. The molecule has 3 aromatic rings. The standard InChI is InChI=1S/C17H17Cl2N5O/c1-10-7-15(24(21-10)14-6-4-5-13(18)8-14)20-16(25)9-23-12(3)17(19)11(2)22-23/h4-8H,9H2,1-3H3,(H,20,25). The van der Waals surface area contributed by atoms with Gasteiger partial charge in [-0.05, 0) is 39.0 Å². The Morgan fingerprint density at radius 2 is 1.92 bits per heavy atom. The van der Waals surface area contributed by atoms with Gasteiger partial charge < -0.3 is 5.32 Å². The third-order valence-electron chi connectivity index (χ3n) is 3.74. The zero-order chi connectivity index (χ0) is 18.1. The molecule has 0 aliphatic heterocycles. The van der Waals surface area contributed by atoms with Crippen LogP contribution in [0.3, 0.4) is 0 Å². The number of anilines is 1. The zero-order valence-electron chi connectivity index (χ0n) is 14.0. The van der Waals surface area contributed by atoms with E-state index in [0.717, 1.165) is 17.1 Å².